The minimum absolute atomic E-state index is 0.576. The Morgan fingerprint density at radius 3 is 2.36 bits per heavy atom. The molecule has 0 saturated heterocycles. The molecule has 0 spiro atoms. The molecule has 2 nitrogen and oxygen atoms in total. The minimum atomic E-state index is 0.576. The first-order chi connectivity index (χ1) is 6.65. The molecule has 0 N–H and O–H groups in total. The van der Waals surface area contributed by atoms with Crippen molar-refractivity contribution in [2.45, 2.75) is 13.8 Å². The van der Waals surface area contributed by atoms with E-state index in [0.717, 1.165) is 12.2 Å². The summed E-state index contributed by atoms with van der Waals surface area (Å²) in [5, 5.41) is 4.58. The van der Waals surface area contributed by atoms with E-state index in [1.165, 1.54) is 11.4 Å². The Morgan fingerprint density at radius 1 is 1.36 bits per heavy atom. The number of hydrogen-bond donors (Lipinski definition) is 0. The van der Waals surface area contributed by atoms with E-state index in [1.807, 2.05) is 25.1 Å². The van der Waals surface area contributed by atoms with Crippen molar-refractivity contribution in [3.63, 3.8) is 0 Å². The molecule has 14 heavy (non-hydrogen) atoms. The number of quaternary nitrogens is 1. The summed E-state index contributed by atoms with van der Waals surface area (Å²) in [7, 11) is 0. The van der Waals surface area contributed by atoms with Crippen LogP contribution in [0.3, 0.4) is 0 Å². The predicted octanol–water partition coefficient (Wildman–Crippen LogP) is 2.92. The highest BCUT2D eigenvalue weighted by Crippen LogP contribution is 2.33. The van der Waals surface area contributed by atoms with E-state index in [0.29, 0.717) is 4.59 Å². The zero-order valence-electron chi connectivity index (χ0n) is 8.70. The lowest BCUT2D eigenvalue weighted by molar-refractivity contribution is 0.362. The molecule has 0 aliphatic carbocycles. The van der Waals surface area contributed by atoms with Crippen LogP contribution >= 0.6 is 0 Å². The molecule has 2 heteroatoms. The Balaban J connectivity index is 2.45. The van der Waals surface area contributed by atoms with Crippen LogP contribution in [0.5, 0.6) is 0 Å². The number of benzene rings is 1. The smallest absolute Gasteiger partial charge is 0.133 e. The number of allylic oxidation sites excluding steroid dienone is 1. The molecule has 1 aromatic rings. The highest BCUT2D eigenvalue weighted by molar-refractivity contribution is 5.91. The molecule has 0 saturated carbocycles. The van der Waals surface area contributed by atoms with Gasteiger partial charge >= 0.3 is 0 Å². The van der Waals surface area contributed by atoms with E-state index in [4.69, 9.17) is 0 Å². The lowest BCUT2D eigenvalue weighted by Gasteiger charge is -2.37. The monoisotopic (exact) mass is 187 g/mol. The predicted molar refractivity (Wildman–Crippen MR) is 61.0 cm³/mol. The Hall–Kier alpha value is -1.41. The van der Waals surface area contributed by atoms with Gasteiger partial charge in [-0.15, -0.1) is 4.59 Å². The summed E-state index contributed by atoms with van der Waals surface area (Å²) in [5.74, 6) is 0. The highest BCUT2D eigenvalue weighted by atomic mass is 15.7. The molecule has 0 aromatic heterocycles. The van der Waals surface area contributed by atoms with Gasteiger partial charge in [0.25, 0.3) is 0 Å². The first kappa shape index (κ1) is 9.16. The van der Waals surface area contributed by atoms with Crippen LogP contribution in [0.1, 0.15) is 13.8 Å². The second-order valence-electron chi connectivity index (χ2n) is 3.83. The third-order valence-corrected chi connectivity index (χ3v) is 2.61. The summed E-state index contributed by atoms with van der Waals surface area (Å²) < 4.78 is 0.576. The van der Waals surface area contributed by atoms with E-state index in [9.17, 15) is 0 Å². The molecule has 0 bridgehead atoms. The van der Waals surface area contributed by atoms with Gasteiger partial charge in [0, 0.05) is 19.1 Å². The maximum absolute atomic E-state index is 4.58. The standard InChI is InChI=1S/C12H15N2/c1-10(2)14(9-11(3)13-14)12-7-5-4-6-8-12/h4-8H,1,9H2,2-3H3/q+1. The van der Waals surface area contributed by atoms with E-state index in [2.05, 4.69) is 30.7 Å². The van der Waals surface area contributed by atoms with Crippen molar-refractivity contribution in [2.75, 3.05) is 6.54 Å². The maximum Gasteiger partial charge on any atom is 0.164 e. The summed E-state index contributed by atoms with van der Waals surface area (Å²) >= 11 is 0. The Bertz CT molecular complexity index is 392. The van der Waals surface area contributed by atoms with E-state index >= 15 is 0 Å². The van der Waals surface area contributed by atoms with Crippen molar-refractivity contribution in [1.82, 2.24) is 4.59 Å². The number of nitrogens with zero attached hydrogens (tertiary/aromatic N) is 2. The van der Waals surface area contributed by atoms with Gasteiger partial charge in [-0.05, 0) is 13.5 Å². The normalized spacial score (nSPS) is 25.1. The summed E-state index contributed by atoms with van der Waals surface area (Å²) in [4.78, 5) is 0. The quantitative estimate of drug-likeness (QED) is 0.631. The fourth-order valence-corrected chi connectivity index (χ4v) is 1.88. The van der Waals surface area contributed by atoms with Crippen molar-refractivity contribution >= 4 is 11.4 Å². The summed E-state index contributed by atoms with van der Waals surface area (Å²) in [6, 6.07) is 10.3. The first-order valence-corrected chi connectivity index (χ1v) is 4.80. The van der Waals surface area contributed by atoms with Gasteiger partial charge < -0.3 is 0 Å². The molecule has 1 atom stereocenters. The second kappa shape index (κ2) is 3.07. The molecule has 1 heterocycles. The van der Waals surface area contributed by atoms with E-state index in [1.54, 1.807) is 0 Å². The van der Waals surface area contributed by atoms with Crippen LogP contribution in [0.15, 0.2) is 47.7 Å². The van der Waals surface area contributed by atoms with Crippen molar-refractivity contribution in [2.24, 2.45) is 5.10 Å². The molecule has 2 rings (SSSR count). The molecular formula is C12H15N2+. The molecule has 72 valence electrons. The molecule has 1 aromatic carbocycles. The first-order valence-electron chi connectivity index (χ1n) is 4.80. The fourth-order valence-electron chi connectivity index (χ4n) is 1.88. The van der Waals surface area contributed by atoms with Crippen molar-refractivity contribution in [3.8, 4) is 0 Å². The van der Waals surface area contributed by atoms with Crippen molar-refractivity contribution in [1.29, 1.82) is 0 Å². The Morgan fingerprint density at radius 2 is 1.93 bits per heavy atom. The van der Waals surface area contributed by atoms with E-state index in [-0.39, 0.29) is 0 Å². The fraction of sp³-hybridized carbons (Fsp3) is 0.250. The minimum Gasteiger partial charge on any atom is -0.133 e. The Labute approximate surface area is 84.8 Å². The summed E-state index contributed by atoms with van der Waals surface area (Å²) in [6.45, 7) is 9.07. The zero-order valence-corrected chi connectivity index (χ0v) is 8.70. The SMILES string of the molecule is C=C(C)[N+]1(c2ccccc2)CC(C)=N1. The number of rotatable bonds is 2. The van der Waals surface area contributed by atoms with Gasteiger partial charge in [0.15, 0.2) is 12.2 Å². The van der Waals surface area contributed by atoms with Crippen LogP contribution < -0.4 is 4.59 Å². The molecule has 1 aliphatic rings. The van der Waals surface area contributed by atoms with Crippen molar-refractivity contribution < 1.29 is 0 Å². The molecule has 0 fully saturated rings. The van der Waals surface area contributed by atoms with Gasteiger partial charge in [-0.25, -0.2) is 0 Å². The van der Waals surface area contributed by atoms with Crippen molar-refractivity contribution in [3.05, 3.63) is 42.6 Å². The van der Waals surface area contributed by atoms with Gasteiger partial charge in [-0.2, -0.15) is 0 Å². The molecular weight excluding hydrogens is 172 g/mol. The lowest BCUT2D eigenvalue weighted by Crippen LogP contribution is -2.53. The highest BCUT2D eigenvalue weighted by Gasteiger charge is 2.41. The summed E-state index contributed by atoms with van der Waals surface area (Å²) in [5.41, 5.74) is 3.46. The molecule has 1 aliphatic heterocycles. The van der Waals surface area contributed by atoms with Gasteiger partial charge in [0.1, 0.15) is 11.4 Å². The zero-order chi connectivity index (χ0) is 10.2. The third kappa shape index (κ3) is 1.19. The van der Waals surface area contributed by atoms with Gasteiger partial charge in [0.2, 0.25) is 0 Å². The molecule has 0 amide bonds. The van der Waals surface area contributed by atoms with E-state index < -0.39 is 0 Å². The average molecular weight is 187 g/mol. The van der Waals surface area contributed by atoms with Gasteiger partial charge in [-0.1, -0.05) is 23.3 Å². The van der Waals surface area contributed by atoms with Crippen LogP contribution in [-0.2, 0) is 0 Å². The third-order valence-electron chi connectivity index (χ3n) is 2.61. The van der Waals surface area contributed by atoms with Crippen LogP contribution in [0.25, 0.3) is 0 Å². The van der Waals surface area contributed by atoms with Crippen LogP contribution in [-0.4, -0.2) is 12.3 Å². The maximum atomic E-state index is 4.58. The van der Waals surface area contributed by atoms with Gasteiger partial charge in [0.05, 0.1) is 0 Å². The average Bonchev–Trinajstić information content (AvgIpc) is 2.13. The van der Waals surface area contributed by atoms with Crippen LogP contribution in [0.4, 0.5) is 5.69 Å². The van der Waals surface area contributed by atoms with Crippen LogP contribution in [0, 0.1) is 0 Å². The second-order valence-corrected chi connectivity index (χ2v) is 3.83. The number of para-hydroxylation sites is 1. The Kier molecular flexibility index (Phi) is 2.01. The number of hydrogen-bond acceptors (Lipinski definition) is 1. The topological polar surface area (TPSA) is 12.4 Å². The lowest BCUT2D eigenvalue weighted by atomic mass is 10.2. The summed E-state index contributed by atoms with van der Waals surface area (Å²) in [6.07, 6.45) is 0. The van der Waals surface area contributed by atoms with Crippen LogP contribution in [0.2, 0.25) is 0 Å². The molecule has 0 radical (unpaired) electrons. The largest absolute Gasteiger partial charge is 0.164 e. The molecule has 1 unspecified atom stereocenters. The van der Waals surface area contributed by atoms with Gasteiger partial charge in [-0.3, -0.25) is 0 Å².